The summed E-state index contributed by atoms with van der Waals surface area (Å²) in [6.45, 7) is 0.565. The molecule has 3 aromatic rings. The van der Waals surface area contributed by atoms with Crippen molar-refractivity contribution >= 4 is 22.5 Å². The van der Waals surface area contributed by atoms with Gasteiger partial charge in [0.05, 0.1) is 16.6 Å². The summed E-state index contributed by atoms with van der Waals surface area (Å²) in [4.78, 5) is 13.8. The lowest BCUT2D eigenvalue weighted by atomic mass is 10.1. The van der Waals surface area contributed by atoms with E-state index in [9.17, 15) is 13.6 Å². The van der Waals surface area contributed by atoms with E-state index in [1.165, 1.54) is 24.3 Å². The van der Waals surface area contributed by atoms with Gasteiger partial charge in [-0.05, 0) is 38.4 Å². The Bertz CT molecular complexity index is 921. The fourth-order valence-corrected chi connectivity index (χ4v) is 2.55. The van der Waals surface area contributed by atoms with Gasteiger partial charge in [0, 0.05) is 18.5 Å². The second-order valence-electron chi connectivity index (χ2n) is 6.03. The number of benzene rings is 2. The number of anilines is 1. The van der Waals surface area contributed by atoms with Crippen molar-refractivity contribution in [3.05, 3.63) is 48.0 Å². The summed E-state index contributed by atoms with van der Waals surface area (Å²) in [5, 5.41) is 9.63. The largest absolute Gasteiger partial charge is 0.324 e. The van der Waals surface area contributed by atoms with Gasteiger partial charge in [-0.15, -0.1) is 0 Å². The van der Waals surface area contributed by atoms with E-state index >= 15 is 0 Å². The van der Waals surface area contributed by atoms with Crippen LogP contribution in [0.15, 0.2) is 36.4 Å². The number of aromatic nitrogens is 2. The minimum atomic E-state index is -0.594. The van der Waals surface area contributed by atoms with E-state index in [1.54, 1.807) is 12.1 Å². The van der Waals surface area contributed by atoms with Crippen molar-refractivity contribution in [3.8, 4) is 11.3 Å². The van der Waals surface area contributed by atoms with Gasteiger partial charge in [-0.1, -0.05) is 12.1 Å². The zero-order chi connectivity index (χ0) is 18.0. The first-order chi connectivity index (χ1) is 12.0. The zero-order valence-corrected chi connectivity index (χ0v) is 13.9. The molecule has 1 heterocycles. The van der Waals surface area contributed by atoms with Gasteiger partial charge in [-0.2, -0.15) is 5.10 Å². The normalized spacial score (nSPS) is 11.2. The molecule has 0 atom stereocenters. The molecular weight excluding hydrogens is 326 g/mol. The van der Waals surface area contributed by atoms with Crippen molar-refractivity contribution in [1.29, 1.82) is 0 Å². The number of carbonyl (C=O) groups excluding carboxylic acids is 1. The maximum absolute atomic E-state index is 14.9. The van der Waals surface area contributed by atoms with E-state index in [2.05, 4.69) is 15.5 Å². The van der Waals surface area contributed by atoms with Crippen molar-refractivity contribution in [2.45, 2.75) is 6.42 Å². The molecule has 2 aromatic carbocycles. The number of nitrogens with one attached hydrogen (secondary N) is 2. The first-order valence-corrected chi connectivity index (χ1v) is 7.83. The topological polar surface area (TPSA) is 61.0 Å². The second kappa shape index (κ2) is 6.98. The highest BCUT2D eigenvalue weighted by atomic mass is 19.1. The molecular formula is C18H18F2N4O. The molecule has 0 unspecified atom stereocenters. The summed E-state index contributed by atoms with van der Waals surface area (Å²) in [5.41, 5.74) is 1.32. The molecule has 0 aliphatic carbocycles. The average Bonchev–Trinajstić information content (AvgIpc) is 3.00. The minimum absolute atomic E-state index is 0.0790. The predicted octanol–water partition coefficient (Wildman–Crippen LogP) is 3.40. The van der Waals surface area contributed by atoms with Crippen LogP contribution in [-0.2, 0) is 4.79 Å². The minimum Gasteiger partial charge on any atom is -0.324 e. The molecule has 0 fully saturated rings. The van der Waals surface area contributed by atoms with Gasteiger partial charge in [-0.25, -0.2) is 8.78 Å². The molecule has 25 heavy (non-hydrogen) atoms. The quantitative estimate of drug-likeness (QED) is 0.746. The smallest absolute Gasteiger partial charge is 0.225 e. The number of halogens is 2. The van der Waals surface area contributed by atoms with Gasteiger partial charge >= 0.3 is 0 Å². The Labute approximate surface area is 143 Å². The number of carbonyl (C=O) groups is 1. The van der Waals surface area contributed by atoms with E-state index in [0.717, 1.165) is 0 Å². The van der Waals surface area contributed by atoms with Crippen LogP contribution in [0.5, 0.6) is 0 Å². The molecule has 1 amide bonds. The van der Waals surface area contributed by atoms with Crippen molar-refractivity contribution in [3.63, 3.8) is 0 Å². The molecule has 0 aliphatic rings. The van der Waals surface area contributed by atoms with Crippen LogP contribution < -0.4 is 5.32 Å². The lowest BCUT2D eigenvalue weighted by Gasteiger charge is -2.10. The number of fused-ring (bicyclic) bond motifs is 1. The van der Waals surface area contributed by atoms with E-state index in [0.29, 0.717) is 23.3 Å². The third-order valence-corrected chi connectivity index (χ3v) is 3.83. The fraction of sp³-hybridized carbons (Fsp3) is 0.222. The number of aromatic amines is 1. The van der Waals surface area contributed by atoms with E-state index in [1.807, 2.05) is 19.0 Å². The molecule has 5 nitrogen and oxygen atoms in total. The summed E-state index contributed by atoms with van der Waals surface area (Å²) < 4.78 is 28.4. The summed E-state index contributed by atoms with van der Waals surface area (Å²) >= 11 is 0. The molecule has 0 saturated heterocycles. The Morgan fingerprint density at radius 1 is 1.24 bits per heavy atom. The van der Waals surface area contributed by atoms with E-state index < -0.39 is 11.6 Å². The molecule has 0 radical (unpaired) electrons. The zero-order valence-electron chi connectivity index (χ0n) is 13.9. The Morgan fingerprint density at radius 2 is 2.04 bits per heavy atom. The fourth-order valence-electron chi connectivity index (χ4n) is 2.55. The highest BCUT2D eigenvalue weighted by Gasteiger charge is 2.17. The van der Waals surface area contributed by atoms with Crippen LogP contribution in [-0.4, -0.2) is 41.6 Å². The van der Waals surface area contributed by atoms with Crippen molar-refractivity contribution in [2.24, 2.45) is 0 Å². The van der Waals surface area contributed by atoms with Crippen molar-refractivity contribution < 1.29 is 13.6 Å². The third kappa shape index (κ3) is 3.66. The average molecular weight is 344 g/mol. The van der Waals surface area contributed by atoms with E-state index in [4.69, 9.17) is 0 Å². The first kappa shape index (κ1) is 17.0. The van der Waals surface area contributed by atoms with Crippen molar-refractivity contribution in [2.75, 3.05) is 26.0 Å². The molecule has 1 aromatic heterocycles. The van der Waals surface area contributed by atoms with Gasteiger partial charge in [0.2, 0.25) is 5.91 Å². The van der Waals surface area contributed by atoms with Crippen LogP contribution in [0.4, 0.5) is 14.5 Å². The van der Waals surface area contributed by atoms with Gasteiger partial charge in [0.25, 0.3) is 0 Å². The summed E-state index contributed by atoms with van der Waals surface area (Å²) in [7, 11) is 3.72. The molecule has 0 aliphatic heterocycles. The summed E-state index contributed by atoms with van der Waals surface area (Å²) in [6, 6.07) is 8.91. The first-order valence-electron chi connectivity index (χ1n) is 7.83. The Hall–Kier alpha value is -2.80. The Balaban J connectivity index is 1.96. The molecule has 0 bridgehead atoms. The monoisotopic (exact) mass is 344 g/mol. The molecule has 2 N–H and O–H groups in total. The van der Waals surface area contributed by atoms with Crippen LogP contribution in [0, 0.1) is 11.6 Å². The molecule has 0 saturated carbocycles. The van der Waals surface area contributed by atoms with Crippen LogP contribution in [0.3, 0.4) is 0 Å². The molecule has 7 heteroatoms. The van der Waals surface area contributed by atoms with Crippen LogP contribution >= 0.6 is 0 Å². The highest BCUT2D eigenvalue weighted by molar-refractivity contribution is 5.99. The van der Waals surface area contributed by atoms with Gasteiger partial charge in [0.1, 0.15) is 11.5 Å². The molecule has 130 valence electrons. The number of hydrogen-bond donors (Lipinski definition) is 2. The maximum atomic E-state index is 14.9. The Kier molecular flexibility index (Phi) is 4.76. The number of hydrogen-bond acceptors (Lipinski definition) is 3. The van der Waals surface area contributed by atoms with Crippen LogP contribution in [0.1, 0.15) is 6.42 Å². The Morgan fingerprint density at radius 3 is 2.76 bits per heavy atom. The predicted molar refractivity (Wildman–Crippen MR) is 93.2 cm³/mol. The molecule has 0 spiro atoms. The lowest BCUT2D eigenvalue weighted by Crippen LogP contribution is -2.21. The van der Waals surface area contributed by atoms with Crippen molar-refractivity contribution in [1.82, 2.24) is 15.1 Å². The van der Waals surface area contributed by atoms with Gasteiger partial charge < -0.3 is 10.2 Å². The third-order valence-electron chi connectivity index (χ3n) is 3.83. The van der Waals surface area contributed by atoms with Crippen LogP contribution in [0.2, 0.25) is 0 Å². The van der Waals surface area contributed by atoms with Gasteiger partial charge in [0.15, 0.2) is 5.82 Å². The summed E-state index contributed by atoms with van der Waals surface area (Å²) in [6.07, 6.45) is 0.257. The number of nitrogens with zero attached hydrogens (tertiary/aromatic N) is 2. The highest BCUT2D eigenvalue weighted by Crippen LogP contribution is 2.32. The second-order valence-corrected chi connectivity index (χ2v) is 6.03. The molecule has 3 rings (SSSR count). The maximum Gasteiger partial charge on any atom is 0.225 e. The van der Waals surface area contributed by atoms with Gasteiger partial charge in [-0.3, -0.25) is 9.89 Å². The lowest BCUT2D eigenvalue weighted by molar-refractivity contribution is -0.116. The number of rotatable bonds is 5. The SMILES string of the molecule is CN(C)CCC(=O)Nc1ccc2[nH]nc(-c3cccc(F)c3)c2c1F. The number of amides is 1. The standard InChI is InChI=1S/C18H18F2N4O/c1-24(2)9-8-15(25)21-14-7-6-13-16(17(14)20)18(23-22-13)11-4-3-5-12(19)10-11/h3-7,10H,8-9H2,1-2H3,(H,21,25)(H,22,23). The summed E-state index contributed by atoms with van der Waals surface area (Å²) in [5.74, 6) is -1.30. The number of H-pyrrole nitrogens is 1. The van der Waals surface area contributed by atoms with Crippen LogP contribution in [0.25, 0.3) is 22.2 Å². The van der Waals surface area contributed by atoms with E-state index in [-0.39, 0.29) is 23.4 Å².